The zero-order chi connectivity index (χ0) is 51.2. The van der Waals surface area contributed by atoms with Gasteiger partial charge < -0.3 is 18.4 Å². The van der Waals surface area contributed by atoms with Crippen molar-refractivity contribution >= 4 is 88.5 Å². The largest absolute Gasteiger partial charge is 0.458 e. The van der Waals surface area contributed by atoms with E-state index in [1.54, 1.807) is 0 Å². The molecule has 0 atom stereocenters. The lowest BCUT2D eigenvalue weighted by Crippen LogP contribution is -2.58. The van der Waals surface area contributed by atoms with Gasteiger partial charge >= 0.3 is 0 Å². The molecule has 5 heterocycles. The van der Waals surface area contributed by atoms with Gasteiger partial charge in [-0.05, 0) is 141 Å². The number of aryl methyl sites for hydroxylation is 1. The van der Waals surface area contributed by atoms with E-state index in [9.17, 15) is 0 Å². The van der Waals surface area contributed by atoms with Crippen molar-refractivity contribution in [3.05, 3.63) is 266 Å². The van der Waals surface area contributed by atoms with E-state index in [0.29, 0.717) is 0 Å². The van der Waals surface area contributed by atoms with Crippen LogP contribution < -0.4 is 21.1 Å². The van der Waals surface area contributed by atoms with Crippen molar-refractivity contribution in [1.29, 1.82) is 0 Å². The van der Waals surface area contributed by atoms with Crippen molar-refractivity contribution in [2.75, 3.05) is 0 Å². The summed E-state index contributed by atoms with van der Waals surface area (Å²) >= 11 is 0. The van der Waals surface area contributed by atoms with Crippen LogP contribution in [0.2, 0.25) is 0 Å². The van der Waals surface area contributed by atoms with Crippen LogP contribution >= 0.6 is 0 Å². The average molecular weight is 992 g/mol. The minimum atomic E-state index is -0.199. The first kappa shape index (κ1) is 43.2. The van der Waals surface area contributed by atoms with Gasteiger partial charge in [-0.3, -0.25) is 0 Å². The molecule has 15 aromatic rings. The molecule has 0 saturated carbocycles. The molecule has 3 aromatic heterocycles. The van der Waals surface area contributed by atoms with Crippen LogP contribution in [-0.2, 0) is 0 Å². The molecule has 78 heavy (non-hydrogen) atoms. The lowest BCUT2D eigenvalue weighted by Gasteiger charge is -2.35. The van der Waals surface area contributed by atoms with Crippen LogP contribution in [0, 0.1) is 6.92 Å². The molecule has 4 nitrogen and oxygen atoms in total. The minimum absolute atomic E-state index is 0.199. The van der Waals surface area contributed by atoms with Crippen molar-refractivity contribution in [2.24, 2.45) is 0 Å². The van der Waals surface area contributed by atoms with Crippen LogP contribution in [0.4, 0.5) is 0 Å². The molecule has 0 saturated heterocycles. The summed E-state index contributed by atoms with van der Waals surface area (Å²) in [5.74, 6) is 1.78. The quantitative estimate of drug-likeness (QED) is 0.152. The molecule has 2 aliphatic heterocycles. The lowest BCUT2D eigenvalue weighted by molar-refractivity contribution is 0.488. The molecule has 0 bridgehead atoms. The Morgan fingerprint density at radius 2 is 0.795 bits per heavy atom. The molecule has 2 aliphatic rings. The summed E-state index contributed by atoms with van der Waals surface area (Å²) in [6.07, 6.45) is 0. The Kier molecular flexibility index (Phi) is 9.11. The van der Waals surface area contributed by atoms with Gasteiger partial charge in [0.25, 0.3) is 6.71 Å². The third-order valence-electron chi connectivity index (χ3n) is 16.9. The Labute approximate surface area is 451 Å². The van der Waals surface area contributed by atoms with Crippen LogP contribution in [0.25, 0.3) is 127 Å². The van der Waals surface area contributed by atoms with E-state index in [-0.39, 0.29) is 6.71 Å². The Hall–Kier alpha value is -10.1. The normalized spacial score (nSPS) is 12.5. The van der Waals surface area contributed by atoms with E-state index < -0.39 is 0 Å². The van der Waals surface area contributed by atoms with E-state index in [0.717, 1.165) is 72.9 Å². The molecule has 0 spiro atoms. The first-order valence-corrected chi connectivity index (χ1v) is 27.0. The standard InChI is InChI=1S/C73H46BN3O/c1-45-38-69-71-70(39-45)78-73-61(54-27-11-10-25-52(54)47-22-6-3-7-23-47)40-48(53-26-9-8-24-51(53)46-20-4-2-5-21-46)41-63(73)74(71)62-44-50(76-66-34-18-14-30-57(66)58-31-15-19-35-67(58)76)43-60-59-42-49(36-37-68(59)77(69)72(60)62)75-64-32-16-12-28-55(64)56-29-13-17-33-65(56)75/h2-44H,1H3. The maximum atomic E-state index is 7.63. The van der Waals surface area contributed by atoms with Crippen molar-refractivity contribution in [3.8, 4) is 73.1 Å². The number of para-hydroxylation sites is 4. The fraction of sp³-hybridized carbons (Fsp3) is 0.0137. The number of nitrogens with zero attached hydrogens (tertiary/aromatic N) is 3. The van der Waals surface area contributed by atoms with Gasteiger partial charge in [0, 0.05) is 60.5 Å². The summed E-state index contributed by atoms with van der Waals surface area (Å²) in [6.45, 7) is 2.01. The molecule has 0 fully saturated rings. The summed E-state index contributed by atoms with van der Waals surface area (Å²) in [5, 5.41) is 7.38. The number of benzene rings is 12. The van der Waals surface area contributed by atoms with Crippen LogP contribution in [0.3, 0.4) is 0 Å². The second-order valence-electron chi connectivity index (χ2n) is 21.2. The van der Waals surface area contributed by atoms with Gasteiger partial charge in [-0.15, -0.1) is 0 Å². The summed E-state index contributed by atoms with van der Waals surface area (Å²) in [5.41, 5.74) is 24.5. The molecule has 17 rings (SSSR count). The second kappa shape index (κ2) is 16.5. The van der Waals surface area contributed by atoms with Crippen molar-refractivity contribution in [2.45, 2.75) is 6.92 Å². The van der Waals surface area contributed by atoms with E-state index in [4.69, 9.17) is 4.74 Å². The van der Waals surface area contributed by atoms with Gasteiger partial charge in [-0.1, -0.05) is 188 Å². The van der Waals surface area contributed by atoms with Gasteiger partial charge in [-0.25, -0.2) is 0 Å². The monoisotopic (exact) mass is 991 g/mol. The van der Waals surface area contributed by atoms with Crippen LogP contribution in [0.1, 0.15) is 5.56 Å². The Morgan fingerprint density at radius 3 is 1.38 bits per heavy atom. The third-order valence-corrected chi connectivity index (χ3v) is 16.9. The number of fused-ring (bicyclic) bond motifs is 13. The number of aromatic nitrogens is 3. The predicted octanol–water partition coefficient (Wildman–Crippen LogP) is 16.9. The van der Waals surface area contributed by atoms with E-state index >= 15 is 0 Å². The lowest BCUT2D eigenvalue weighted by atomic mass is 9.34. The number of hydrogen-bond acceptors (Lipinski definition) is 1. The topological polar surface area (TPSA) is 24.0 Å². The molecule has 0 aliphatic carbocycles. The molecular formula is C73H46BN3O. The Balaban J connectivity index is 1.02. The zero-order valence-electron chi connectivity index (χ0n) is 42.7. The second-order valence-corrected chi connectivity index (χ2v) is 21.2. The van der Waals surface area contributed by atoms with Crippen molar-refractivity contribution in [3.63, 3.8) is 0 Å². The van der Waals surface area contributed by atoms with E-state index in [1.807, 2.05) is 0 Å². The number of ether oxygens (including phenoxy) is 1. The van der Waals surface area contributed by atoms with E-state index in [2.05, 4.69) is 281 Å². The highest BCUT2D eigenvalue weighted by atomic mass is 16.5. The van der Waals surface area contributed by atoms with Gasteiger partial charge in [0.1, 0.15) is 11.5 Å². The summed E-state index contributed by atoms with van der Waals surface area (Å²) in [7, 11) is 0. The van der Waals surface area contributed by atoms with Gasteiger partial charge in [0.05, 0.1) is 27.6 Å². The van der Waals surface area contributed by atoms with Crippen LogP contribution in [0.15, 0.2) is 261 Å². The SMILES string of the molecule is Cc1cc2c3c(c1)-n1c4ccc(-n5c6ccccc6c6ccccc65)cc4c4cc(-n5c6ccccc6c6ccccc65)cc(c41)B3c1cc(-c3ccccc3-c3ccccc3)cc(-c3ccccc3-c3ccccc3)c1O2. The predicted molar refractivity (Wildman–Crippen MR) is 327 cm³/mol. The van der Waals surface area contributed by atoms with Crippen LogP contribution in [-0.4, -0.2) is 20.4 Å². The zero-order valence-corrected chi connectivity index (χ0v) is 42.7. The molecule has 5 heteroatoms. The Morgan fingerprint density at radius 1 is 0.321 bits per heavy atom. The van der Waals surface area contributed by atoms with Crippen LogP contribution in [0.5, 0.6) is 11.5 Å². The molecule has 0 radical (unpaired) electrons. The van der Waals surface area contributed by atoms with Crippen molar-refractivity contribution in [1.82, 2.24) is 13.7 Å². The summed E-state index contributed by atoms with van der Waals surface area (Å²) < 4.78 is 15.1. The molecule has 0 amide bonds. The summed E-state index contributed by atoms with van der Waals surface area (Å²) in [6, 6.07) is 96.4. The fourth-order valence-electron chi connectivity index (χ4n) is 13.7. The Bertz CT molecular complexity index is 4920. The molecular weight excluding hydrogens is 946 g/mol. The van der Waals surface area contributed by atoms with E-state index in [1.165, 1.54) is 87.5 Å². The number of hydrogen-bond donors (Lipinski definition) is 0. The molecule has 362 valence electrons. The average Bonchev–Trinajstić information content (AvgIpc) is 4.18. The minimum Gasteiger partial charge on any atom is -0.458 e. The maximum Gasteiger partial charge on any atom is 0.256 e. The number of rotatable bonds is 6. The summed E-state index contributed by atoms with van der Waals surface area (Å²) in [4.78, 5) is 0. The highest BCUT2D eigenvalue weighted by Gasteiger charge is 2.43. The molecule has 0 N–H and O–H groups in total. The third kappa shape index (κ3) is 6.12. The smallest absolute Gasteiger partial charge is 0.256 e. The fourth-order valence-corrected chi connectivity index (χ4v) is 13.7. The first-order valence-electron chi connectivity index (χ1n) is 27.0. The highest BCUT2D eigenvalue weighted by Crippen LogP contribution is 2.47. The highest BCUT2D eigenvalue weighted by molar-refractivity contribution is 6.99. The molecule has 12 aromatic carbocycles. The first-order chi connectivity index (χ1) is 38.6. The van der Waals surface area contributed by atoms with Gasteiger partial charge in [-0.2, -0.15) is 0 Å². The van der Waals surface area contributed by atoms with Gasteiger partial charge in [0.15, 0.2) is 0 Å². The van der Waals surface area contributed by atoms with Crippen molar-refractivity contribution < 1.29 is 4.74 Å². The van der Waals surface area contributed by atoms with Gasteiger partial charge in [0.2, 0.25) is 0 Å². The maximum absolute atomic E-state index is 7.63. The molecule has 0 unspecified atom stereocenters.